The van der Waals surface area contributed by atoms with Crippen molar-refractivity contribution in [1.82, 2.24) is 0 Å². The maximum Gasteiger partial charge on any atom is 0.261 e. The molecule has 0 unspecified atom stereocenters. The summed E-state index contributed by atoms with van der Waals surface area (Å²) in [5, 5.41) is 2.83. The molecule has 0 radical (unpaired) electrons. The second-order valence-corrected chi connectivity index (χ2v) is 8.31. The smallest absolute Gasteiger partial charge is 0.261 e. The largest absolute Gasteiger partial charge is 0.326 e. The summed E-state index contributed by atoms with van der Waals surface area (Å²) in [7, 11) is -3.66. The summed E-state index contributed by atoms with van der Waals surface area (Å²) in [6, 6.07) is 11.8. The summed E-state index contributed by atoms with van der Waals surface area (Å²) in [6.45, 7) is 3.84. The van der Waals surface area contributed by atoms with Crippen LogP contribution in [0, 0.1) is 19.8 Å². The highest BCUT2D eigenvalue weighted by molar-refractivity contribution is 7.92. The molecule has 2 aromatic rings. The Balaban J connectivity index is 1.72. The zero-order valence-electron chi connectivity index (χ0n) is 14.4. The molecule has 1 amide bonds. The van der Waals surface area contributed by atoms with Crippen LogP contribution in [0.1, 0.15) is 30.4 Å². The van der Waals surface area contributed by atoms with Crippen LogP contribution < -0.4 is 10.0 Å². The van der Waals surface area contributed by atoms with Gasteiger partial charge in [0.1, 0.15) is 0 Å². The zero-order chi connectivity index (χ0) is 18.0. The van der Waals surface area contributed by atoms with Gasteiger partial charge in [-0.2, -0.15) is 0 Å². The molecule has 6 heteroatoms. The van der Waals surface area contributed by atoms with Gasteiger partial charge in [-0.05, 0) is 74.2 Å². The molecule has 0 bridgehead atoms. The summed E-state index contributed by atoms with van der Waals surface area (Å²) in [6.07, 6.45) is 2.95. The number of nitrogens with one attached hydrogen (secondary N) is 2. The number of carbonyl (C=O) groups is 1. The van der Waals surface area contributed by atoms with Gasteiger partial charge in [0.2, 0.25) is 5.91 Å². The molecule has 2 N–H and O–H groups in total. The Morgan fingerprint density at radius 2 is 1.56 bits per heavy atom. The van der Waals surface area contributed by atoms with Crippen LogP contribution in [0.5, 0.6) is 0 Å². The van der Waals surface area contributed by atoms with E-state index in [0.29, 0.717) is 11.4 Å². The Bertz CT molecular complexity index is 865. The second kappa shape index (κ2) is 6.88. The van der Waals surface area contributed by atoms with Crippen molar-refractivity contribution in [2.24, 2.45) is 5.92 Å². The van der Waals surface area contributed by atoms with E-state index >= 15 is 0 Å². The van der Waals surface area contributed by atoms with E-state index < -0.39 is 10.0 Å². The van der Waals surface area contributed by atoms with Gasteiger partial charge < -0.3 is 5.32 Å². The van der Waals surface area contributed by atoms with Gasteiger partial charge in [0, 0.05) is 17.3 Å². The first kappa shape index (κ1) is 17.5. The molecule has 1 aliphatic carbocycles. The molecule has 0 saturated heterocycles. The van der Waals surface area contributed by atoms with Gasteiger partial charge in [0.25, 0.3) is 10.0 Å². The molecule has 0 aliphatic heterocycles. The van der Waals surface area contributed by atoms with E-state index in [4.69, 9.17) is 0 Å². The minimum Gasteiger partial charge on any atom is -0.326 e. The Morgan fingerprint density at radius 1 is 0.960 bits per heavy atom. The summed E-state index contributed by atoms with van der Waals surface area (Å²) in [5.74, 6) is 0.102. The maximum atomic E-state index is 12.5. The first-order valence-corrected chi connectivity index (χ1v) is 9.84. The lowest BCUT2D eigenvalue weighted by Crippen LogP contribution is -2.28. The topological polar surface area (TPSA) is 75.3 Å². The summed E-state index contributed by atoms with van der Waals surface area (Å²) in [5.41, 5.74) is 3.14. The Kier molecular flexibility index (Phi) is 4.81. The lowest BCUT2D eigenvalue weighted by atomic mass is 9.85. The SMILES string of the molecule is Cc1cc(C)cc(NS(=O)(=O)c2ccc(NC(=O)C3CCC3)cc2)c1. The van der Waals surface area contributed by atoms with Gasteiger partial charge in [-0.1, -0.05) is 12.5 Å². The van der Waals surface area contributed by atoms with Crippen molar-refractivity contribution < 1.29 is 13.2 Å². The third-order valence-electron chi connectivity index (χ3n) is 4.38. The minimum atomic E-state index is -3.66. The highest BCUT2D eigenvalue weighted by atomic mass is 32.2. The minimum absolute atomic E-state index is 0.00946. The lowest BCUT2D eigenvalue weighted by molar-refractivity contribution is -0.122. The highest BCUT2D eigenvalue weighted by Crippen LogP contribution is 2.28. The molecule has 3 rings (SSSR count). The second-order valence-electron chi connectivity index (χ2n) is 6.62. The van der Waals surface area contributed by atoms with Gasteiger partial charge in [-0.15, -0.1) is 0 Å². The van der Waals surface area contributed by atoms with Gasteiger partial charge in [-0.3, -0.25) is 9.52 Å². The summed E-state index contributed by atoms with van der Waals surface area (Å²) in [4.78, 5) is 12.1. The summed E-state index contributed by atoms with van der Waals surface area (Å²) >= 11 is 0. The van der Waals surface area contributed by atoms with E-state index in [0.717, 1.165) is 30.4 Å². The van der Waals surface area contributed by atoms with Crippen LogP contribution in [0.15, 0.2) is 47.4 Å². The molecule has 5 nitrogen and oxygen atoms in total. The molecular weight excluding hydrogens is 336 g/mol. The van der Waals surface area contributed by atoms with Crippen LogP contribution in [0.25, 0.3) is 0 Å². The number of benzene rings is 2. The number of amides is 1. The molecule has 1 fully saturated rings. The van der Waals surface area contributed by atoms with Crippen LogP contribution in [-0.2, 0) is 14.8 Å². The first-order chi connectivity index (χ1) is 11.8. The van der Waals surface area contributed by atoms with Crippen molar-refractivity contribution in [3.63, 3.8) is 0 Å². The molecule has 2 aromatic carbocycles. The van der Waals surface area contributed by atoms with Gasteiger partial charge in [0.05, 0.1) is 4.90 Å². The average Bonchev–Trinajstić information content (AvgIpc) is 2.44. The van der Waals surface area contributed by atoms with E-state index in [1.54, 1.807) is 24.3 Å². The van der Waals surface area contributed by atoms with E-state index in [-0.39, 0.29) is 16.7 Å². The molecule has 1 saturated carbocycles. The maximum absolute atomic E-state index is 12.5. The van der Waals surface area contributed by atoms with Crippen LogP contribution in [-0.4, -0.2) is 14.3 Å². The van der Waals surface area contributed by atoms with Gasteiger partial charge in [0.15, 0.2) is 0 Å². The van der Waals surface area contributed by atoms with Crippen LogP contribution >= 0.6 is 0 Å². The summed E-state index contributed by atoms with van der Waals surface area (Å²) < 4.78 is 27.6. The van der Waals surface area contributed by atoms with Crippen molar-refractivity contribution in [2.75, 3.05) is 10.0 Å². The highest BCUT2D eigenvalue weighted by Gasteiger charge is 2.25. The average molecular weight is 358 g/mol. The lowest BCUT2D eigenvalue weighted by Gasteiger charge is -2.24. The van der Waals surface area contributed by atoms with E-state index in [1.807, 2.05) is 19.9 Å². The Labute approximate surface area is 148 Å². The van der Waals surface area contributed by atoms with E-state index in [9.17, 15) is 13.2 Å². The number of anilines is 2. The Hall–Kier alpha value is -2.34. The van der Waals surface area contributed by atoms with Crippen molar-refractivity contribution in [1.29, 1.82) is 0 Å². The molecule has 0 heterocycles. The van der Waals surface area contributed by atoms with Crippen molar-refractivity contribution in [3.8, 4) is 0 Å². The van der Waals surface area contributed by atoms with Crippen molar-refractivity contribution >= 4 is 27.3 Å². The van der Waals surface area contributed by atoms with Gasteiger partial charge in [-0.25, -0.2) is 8.42 Å². The fraction of sp³-hybridized carbons (Fsp3) is 0.316. The number of carbonyl (C=O) groups excluding carboxylic acids is 1. The van der Waals surface area contributed by atoms with Crippen LogP contribution in [0.3, 0.4) is 0 Å². The number of aryl methyl sites for hydroxylation is 2. The molecule has 132 valence electrons. The third-order valence-corrected chi connectivity index (χ3v) is 5.78. The number of hydrogen-bond acceptors (Lipinski definition) is 3. The van der Waals surface area contributed by atoms with Crippen molar-refractivity contribution in [3.05, 3.63) is 53.6 Å². The van der Waals surface area contributed by atoms with Gasteiger partial charge >= 0.3 is 0 Å². The van der Waals surface area contributed by atoms with Crippen molar-refractivity contribution in [2.45, 2.75) is 38.0 Å². The predicted octanol–water partition coefficient (Wildman–Crippen LogP) is 3.84. The molecule has 1 aliphatic rings. The van der Waals surface area contributed by atoms with E-state index in [1.165, 1.54) is 12.1 Å². The predicted molar refractivity (Wildman–Crippen MR) is 99.1 cm³/mol. The zero-order valence-corrected chi connectivity index (χ0v) is 15.2. The first-order valence-electron chi connectivity index (χ1n) is 8.35. The van der Waals surface area contributed by atoms with E-state index in [2.05, 4.69) is 10.0 Å². The monoisotopic (exact) mass is 358 g/mol. The number of rotatable bonds is 5. The molecular formula is C19H22N2O3S. The fourth-order valence-corrected chi connectivity index (χ4v) is 3.92. The molecule has 25 heavy (non-hydrogen) atoms. The molecule has 0 aromatic heterocycles. The Morgan fingerprint density at radius 3 is 2.08 bits per heavy atom. The number of sulfonamides is 1. The molecule has 0 atom stereocenters. The van der Waals surface area contributed by atoms with Crippen LogP contribution in [0.2, 0.25) is 0 Å². The quantitative estimate of drug-likeness (QED) is 0.852. The fourth-order valence-electron chi connectivity index (χ4n) is 2.88. The standard InChI is InChI=1S/C19H22N2O3S/c1-13-10-14(2)12-17(11-13)21-25(23,24)18-8-6-16(7-9-18)20-19(22)15-4-3-5-15/h6-12,15,21H,3-5H2,1-2H3,(H,20,22). The normalized spacial score (nSPS) is 14.6. The number of hydrogen-bond donors (Lipinski definition) is 2. The van der Waals surface area contributed by atoms with Crippen LogP contribution in [0.4, 0.5) is 11.4 Å². The molecule has 0 spiro atoms. The third kappa shape index (κ3) is 4.20.